The number of esters is 1. The monoisotopic (exact) mass is 534 g/mol. The summed E-state index contributed by atoms with van der Waals surface area (Å²) in [7, 11) is 0. The molecule has 5 aromatic carbocycles. The summed E-state index contributed by atoms with van der Waals surface area (Å²) in [6, 6.07) is 37.5. The number of hydrogen-bond donors (Lipinski definition) is 0. The Labute approximate surface area is 238 Å². The van der Waals surface area contributed by atoms with Crippen LogP contribution < -0.4 is 14.5 Å². The van der Waals surface area contributed by atoms with Crippen LogP contribution >= 0.6 is 0 Å². The van der Waals surface area contributed by atoms with Crippen LogP contribution in [0.2, 0.25) is 0 Å². The second kappa shape index (κ2) is 8.24. The van der Waals surface area contributed by atoms with Gasteiger partial charge in [-0.1, -0.05) is 54.6 Å². The van der Waals surface area contributed by atoms with Gasteiger partial charge in [-0.3, -0.25) is 0 Å². The van der Waals surface area contributed by atoms with Gasteiger partial charge in [-0.25, -0.2) is 4.79 Å². The molecule has 0 amide bonds. The zero-order chi connectivity index (χ0) is 27.1. The van der Waals surface area contributed by atoms with Crippen molar-refractivity contribution in [3.8, 4) is 11.5 Å². The van der Waals surface area contributed by atoms with Crippen molar-refractivity contribution >= 4 is 28.7 Å². The number of anilines is 4. The molecule has 9 rings (SSSR count). The molecule has 1 spiro atoms. The summed E-state index contributed by atoms with van der Waals surface area (Å²) in [5, 5.41) is 0. The summed E-state index contributed by atoms with van der Waals surface area (Å²) in [5.41, 5.74) is 9.36. The predicted octanol–water partition coefficient (Wildman–Crippen LogP) is 7.64. The van der Waals surface area contributed by atoms with Gasteiger partial charge in [-0.05, 0) is 66.4 Å². The van der Waals surface area contributed by atoms with Crippen LogP contribution in [-0.4, -0.2) is 19.1 Å². The number of rotatable bonds is 2. The molecule has 4 aliphatic rings. The van der Waals surface area contributed by atoms with Gasteiger partial charge in [0.05, 0.1) is 5.56 Å². The average Bonchev–Trinajstić information content (AvgIpc) is 3.72. The lowest BCUT2D eigenvalue weighted by atomic mass is 9.77. The van der Waals surface area contributed by atoms with Gasteiger partial charge in [0.15, 0.2) is 5.60 Å². The number of carbonyl (C=O) groups excluding carboxylic acids is 1. The van der Waals surface area contributed by atoms with E-state index in [1.165, 1.54) is 22.5 Å². The fourth-order valence-electron chi connectivity index (χ4n) is 7.20. The van der Waals surface area contributed by atoms with Crippen LogP contribution in [-0.2, 0) is 23.2 Å². The van der Waals surface area contributed by atoms with Crippen molar-refractivity contribution in [3.63, 3.8) is 0 Å². The molecule has 0 aromatic heterocycles. The number of hydrogen-bond acceptors (Lipinski definition) is 5. The molecule has 5 heteroatoms. The molecule has 0 saturated carbocycles. The second-order valence-electron chi connectivity index (χ2n) is 11.1. The Bertz CT molecular complexity index is 1810. The van der Waals surface area contributed by atoms with Crippen LogP contribution in [0.5, 0.6) is 11.5 Å². The third-order valence-corrected chi connectivity index (χ3v) is 9.08. The van der Waals surface area contributed by atoms with Crippen molar-refractivity contribution in [3.05, 3.63) is 143 Å². The fourth-order valence-corrected chi connectivity index (χ4v) is 7.20. The highest BCUT2D eigenvalue weighted by Crippen LogP contribution is 2.57. The first-order valence-corrected chi connectivity index (χ1v) is 14.2. The summed E-state index contributed by atoms with van der Waals surface area (Å²) < 4.78 is 13.2. The lowest BCUT2D eigenvalue weighted by Gasteiger charge is -2.37. The van der Waals surface area contributed by atoms with Crippen molar-refractivity contribution in [2.24, 2.45) is 0 Å². The standard InChI is InChI=1S/C36H26N2O3/c39-35-27-9-3-4-10-28(27)36(41-35)29-15-13-25(37-19-17-23-7-1-5-11-31(23)37)21-33(29)40-34-22-26(14-16-30(34)36)38-20-18-24-8-2-6-12-32(24)38/h1-16,21-22H,17-20H2. The largest absolute Gasteiger partial charge is 0.456 e. The lowest BCUT2D eigenvalue weighted by Crippen LogP contribution is -2.33. The molecule has 0 unspecified atom stereocenters. The zero-order valence-corrected chi connectivity index (χ0v) is 22.3. The van der Waals surface area contributed by atoms with Gasteiger partial charge in [0.2, 0.25) is 0 Å². The molecule has 0 atom stereocenters. The quantitative estimate of drug-likeness (QED) is 0.218. The van der Waals surface area contributed by atoms with Crippen LogP contribution in [0.1, 0.15) is 38.2 Å². The second-order valence-corrected chi connectivity index (χ2v) is 11.1. The molecule has 0 fully saturated rings. The molecular weight excluding hydrogens is 508 g/mol. The molecular formula is C36H26N2O3. The van der Waals surface area contributed by atoms with Gasteiger partial charge in [0.1, 0.15) is 11.5 Å². The van der Waals surface area contributed by atoms with E-state index in [9.17, 15) is 4.79 Å². The molecule has 0 saturated heterocycles. The summed E-state index contributed by atoms with van der Waals surface area (Å²) in [6.45, 7) is 1.83. The minimum absolute atomic E-state index is 0.311. The Morgan fingerprint density at radius 3 is 1.73 bits per heavy atom. The molecule has 41 heavy (non-hydrogen) atoms. The number of ether oxygens (including phenoxy) is 2. The molecule has 0 aliphatic carbocycles. The maximum absolute atomic E-state index is 13.3. The normalized spacial score (nSPS) is 16.9. The maximum atomic E-state index is 13.3. The zero-order valence-electron chi connectivity index (χ0n) is 22.3. The smallest absolute Gasteiger partial charge is 0.340 e. The van der Waals surface area contributed by atoms with E-state index < -0.39 is 5.60 Å². The first-order chi connectivity index (χ1) is 20.2. The van der Waals surface area contributed by atoms with E-state index in [0.29, 0.717) is 17.1 Å². The van der Waals surface area contributed by atoms with Crippen LogP contribution in [0.25, 0.3) is 0 Å². The minimum Gasteiger partial charge on any atom is -0.456 e. The van der Waals surface area contributed by atoms with Crippen LogP contribution in [0, 0.1) is 0 Å². The SMILES string of the molecule is O=C1OC2(c3ccc(N4CCc5ccccc54)cc3Oc3cc(N4CCc5ccccc54)ccc32)c2ccccc21. The topological polar surface area (TPSA) is 42.0 Å². The molecule has 0 N–H and O–H groups in total. The Hall–Kier alpha value is -5.03. The van der Waals surface area contributed by atoms with Crippen LogP contribution in [0.4, 0.5) is 22.7 Å². The maximum Gasteiger partial charge on any atom is 0.340 e. The van der Waals surface area contributed by atoms with Crippen molar-refractivity contribution < 1.29 is 14.3 Å². The molecule has 198 valence electrons. The van der Waals surface area contributed by atoms with E-state index in [2.05, 4.69) is 94.7 Å². The highest BCUT2D eigenvalue weighted by Gasteiger charge is 2.53. The Kier molecular flexibility index (Phi) is 4.57. The highest BCUT2D eigenvalue weighted by atomic mass is 16.6. The third kappa shape index (κ3) is 3.09. The van der Waals surface area contributed by atoms with E-state index >= 15 is 0 Å². The first kappa shape index (κ1) is 22.8. The molecule has 4 aliphatic heterocycles. The molecule has 5 aromatic rings. The van der Waals surface area contributed by atoms with Crippen molar-refractivity contribution in [1.82, 2.24) is 0 Å². The molecule has 5 nitrogen and oxygen atoms in total. The summed E-state index contributed by atoms with van der Waals surface area (Å²) >= 11 is 0. The number of carbonyl (C=O) groups is 1. The number of benzene rings is 5. The summed E-state index contributed by atoms with van der Waals surface area (Å²) in [6.07, 6.45) is 2.01. The average molecular weight is 535 g/mol. The highest BCUT2D eigenvalue weighted by molar-refractivity contribution is 5.97. The number of para-hydroxylation sites is 2. The Balaban J connectivity index is 1.22. The van der Waals surface area contributed by atoms with Crippen molar-refractivity contribution in [2.45, 2.75) is 18.4 Å². The third-order valence-electron chi connectivity index (χ3n) is 9.08. The van der Waals surface area contributed by atoms with E-state index in [0.717, 1.165) is 54.0 Å². The predicted molar refractivity (Wildman–Crippen MR) is 159 cm³/mol. The van der Waals surface area contributed by atoms with Gasteiger partial charge in [0, 0.05) is 64.7 Å². The van der Waals surface area contributed by atoms with Gasteiger partial charge in [-0.15, -0.1) is 0 Å². The van der Waals surface area contributed by atoms with E-state index in [4.69, 9.17) is 9.47 Å². The number of fused-ring (bicyclic) bond motifs is 8. The number of nitrogens with zero attached hydrogens (tertiary/aromatic N) is 2. The van der Waals surface area contributed by atoms with Gasteiger partial charge >= 0.3 is 5.97 Å². The minimum atomic E-state index is -1.07. The van der Waals surface area contributed by atoms with E-state index in [-0.39, 0.29) is 5.97 Å². The molecule has 4 heterocycles. The van der Waals surface area contributed by atoms with Gasteiger partial charge in [0.25, 0.3) is 0 Å². The summed E-state index contributed by atoms with van der Waals surface area (Å²) in [5.74, 6) is 1.11. The van der Waals surface area contributed by atoms with E-state index in [1.807, 2.05) is 24.3 Å². The van der Waals surface area contributed by atoms with Gasteiger partial charge in [-0.2, -0.15) is 0 Å². The lowest BCUT2D eigenvalue weighted by molar-refractivity contribution is 0.0224. The Morgan fingerprint density at radius 2 is 1.12 bits per heavy atom. The van der Waals surface area contributed by atoms with E-state index in [1.54, 1.807) is 0 Å². The first-order valence-electron chi connectivity index (χ1n) is 14.2. The molecule has 0 bridgehead atoms. The van der Waals surface area contributed by atoms with Gasteiger partial charge < -0.3 is 19.3 Å². The van der Waals surface area contributed by atoms with Crippen LogP contribution in [0.3, 0.4) is 0 Å². The Morgan fingerprint density at radius 1 is 0.585 bits per heavy atom. The summed E-state index contributed by atoms with van der Waals surface area (Å²) in [4.78, 5) is 18.0. The molecule has 0 radical (unpaired) electrons. The van der Waals surface area contributed by atoms with Crippen molar-refractivity contribution in [1.29, 1.82) is 0 Å². The fraction of sp³-hybridized carbons (Fsp3) is 0.139. The van der Waals surface area contributed by atoms with Crippen molar-refractivity contribution in [2.75, 3.05) is 22.9 Å². The van der Waals surface area contributed by atoms with Crippen LogP contribution in [0.15, 0.2) is 109 Å².